The van der Waals surface area contributed by atoms with E-state index in [0.29, 0.717) is 0 Å². The van der Waals surface area contributed by atoms with Crippen LogP contribution in [-0.4, -0.2) is 48.9 Å². The van der Waals surface area contributed by atoms with Crippen molar-refractivity contribution in [2.75, 3.05) is 12.3 Å². The summed E-state index contributed by atoms with van der Waals surface area (Å²) in [4.78, 5) is 21.2. The van der Waals surface area contributed by atoms with Crippen LogP contribution in [-0.2, 0) is 24.8 Å². The Bertz CT molecular complexity index is 1100. The molecule has 0 saturated heterocycles. The van der Waals surface area contributed by atoms with E-state index in [1.807, 2.05) is 0 Å². The summed E-state index contributed by atoms with van der Waals surface area (Å²) in [5.74, 6) is -4.73. The lowest BCUT2D eigenvalue weighted by atomic mass is 9.87. The van der Waals surface area contributed by atoms with Gasteiger partial charge in [0.1, 0.15) is 35.0 Å². The van der Waals surface area contributed by atoms with Crippen molar-refractivity contribution in [2.24, 2.45) is 9.36 Å². The van der Waals surface area contributed by atoms with Gasteiger partial charge < -0.3 is 10.5 Å². The van der Waals surface area contributed by atoms with E-state index in [-0.39, 0.29) is 23.6 Å². The Morgan fingerprint density at radius 1 is 1.28 bits per heavy atom. The fraction of sp³-hybridized carbons (Fsp3) is 0.667. The Morgan fingerprint density at radius 2 is 1.91 bits per heavy atom. The first-order valence-electron chi connectivity index (χ1n) is 10.2. The van der Waals surface area contributed by atoms with E-state index in [2.05, 4.69) is 14.3 Å². The van der Waals surface area contributed by atoms with Crippen molar-refractivity contribution >= 4 is 27.2 Å². The predicted molar refractivity (Wildman–Crippen MR) is 117 cm³/mol. The van der Waals surface area contributed by atoms with Crippen LogP contribution in [0.15, 0.2) is 21.5 Å². The summed E-state index contributed by atoms with van der Waals surface area (Å²) in [7, 11) is -3.45. The number of ether oxygens (including phenoxy) is 1. The topological polar surface area (TPSA) is 107 Å². The van der Waals surface area contributed by atoms with Crippen LogP contribution in [0.1, 0.15) is 60.1 Å². The van der Waals surface area contributed by atoms with E-state index in [9.17, 15) is 22.2 Å². The third-order valence-corrected chi connectivity index (χ3v) is 9.46. The highest BCUT2D eigenvalue weighted by Gasteiger charge is 2.61. The molecule has 0 radical (unpaired) electrons. The van der Waals surface area contributed by atoms with Gasteiger partial charge in [0.05, 0.1) is 26.1 Å². The minimum absolute atomic E-state index is 0.0395. The summed E-state index contributed by atoms with van der Waals surface area (Å²) in [5, 5.41) is -1.35. The zero-order valence-electron chi connectivity index (χ0n) is 19.0. The van der Waals surface area contributed by atoms with Crippen molar-refractivity contribution in [3.05, 3.63) is 23.6 Å². The molecule has 0 bridgehead atoms. The van der Waals surface area contributed by atoms with Crippen molar-refractivity contribution in [3.8, 4) is 0 Å². The number of halogens is 3. The van der Waals surface area contributed by atoms with Crippen LogP contribution in [0.5, 0.6) is 0 Å². The summed E-state index contributed by atoms with van der Waals surface area (Å²) in [6.07, 6.45) is -1.16. The Labute approximate surface area is 186 Å². The Balaban J connectivity index is 2.26. The molecule has 178 valence electrons. The molecule has 0 unspecified atom stereocenters. The number of nitrogens with two attached hydrogens (primary N) is 1. The molecule has 0 aliphatic carbocycles. The number of rotatable bonds is 3. The van der Waals surface area contributed by atoms with Crippen molar-refractivity contribution in [1.82, 2.24) is 4.98 Å². The summed E-state index contributed by atoms with van der Waals surface area (Å²) in [5.41, 5.74) is 3.01. The number of alkyl halides is 2. The van der Waals surface area contributed by atoms with Gasteiger partial charge in [-0.05, 0) is 53.7 Å². The molecule has 3 heterocycles. The van der Waals surface area contributed by atoms with Crippen LogP contribution < -0.4 is 5.73 Å². The van der Waals surface area contributed by atoms with E-state index in [0.717, 1.165) is 6.07 Å². The SMILES string of the molecule is CC(C)(C)OC(=O)CC1=N[C@](C)(c2nc(N)ccc2F)[C@H]2CC(F)(F)CN=[S@]2(=O)C1(C)C. The molecular formula is C21H29F3N4O3S. The zero-order chi connectivity index (χ0) is 24.3. The summed E-state index contributed by atoms with van der Waals surface area (Å²) >= 11 is 0. The second-order valence-electron chi connectivity index (χ2n) is 9.95. The minimum atomic E-state index is -3.45. The van der Waals surface area contributed by atoms with Gasteiger partial charge in [0.2, 0.25) is 0 Å². The van der Waals surface area contributed by atoms with E-state index in [4.69, 9.17) is 10.5 Å². The van der Waals surface area contributed by atoms with Crippen LogP contribution in [0.2, 0.25) is 0 Å². The maximum Gasteiger partial charge on any atom is 0.312 e. The van der Waals surface area contributed by atoms with Gasteiger partial charge in [-0.15, -0.1) is 0 Å². The molecular weight excluding hydrogens is 445 g/mol. The van der Waals surface area contributed by atoms with Gasteiger partial charge in [-0.1, -0.05) is 0 Å². The molecule has 1 aromatic rings. The smallest absolute Gasteiger partial charge is 0.312 e. The van der Waals surface area contributed by atoms with Gasteiger partial charge >= 0.3 is 5.97 Å². The van der Waals surface area contributed by atoms with Crippen molar-refractivity contribution in [3.63, 3.8) is 0 Å². The number of nitrogens with zero attached hydrogens (tertiary/aromatic N) is 3. The highest BCUT2D eigenvalue weighted by atomic mass is 32.2. The number of hydrogen-bond donors (Lipinski definition) is 1. The van der Waals surface area contributed by atoms with E-state index < -0.39 is 61.5 Å². The third kappa shape index (κ3) is 4.11. The standard InChI is InChI=1S/C21H29F3N4O3S/c1-18(2,3)31-16(29)9-13-19(4,5)32(30)14(10-21(23,24)11-26-32)20(6,28-13)17-12(22)7-8-15(25)27-17/h7-8,14H,9-11H2,1-6H3,(H2,25,27)/t14-,20+,32-/m1/s1. The molecule has 0 fully saturated rings. The average molecular weight is 475 g/mol. The van der Waals surface area contributed by atoms with Crippen molar-refractivity contribution in [2.45, 2.75) is 81.4 Å². The quantitative estimate of drug-likeness (QED) is 0.670. The number of esters is 1. The fourth-order valence-electron chi connectivity index (χ4n) is 4.20. The third-order valence-electron chi connectivity index (χ3n) is 5.86. The van der Waals surface area contributed by atoms with Crippen LogP contribution in [0.4, 0.5) is 19.0 Å². The maximum atomic E-state index is 14.9. The van der Waals surface area contributed by atoms with Crippen molar-refractivity contribution in [1.29, 1.82) is 0 Å². The molecule has 2 aliphatic rings. The minimum Gasteiger partial charge on any atom is -0.460 e. The molecule has 7 nitrogen and oxygen atoms in total. The molecule has 2 aliphatic heterocycles. The number of carbonyl (C=O) groups excluding carboxylic acids is 1. The largest absolute Gasteiger partial charge is 0.460 e. The molecule has 1 aromatic heterocycles. The average Bonchev–Trinajstić information content (AvgIpc) is 2.62. The van der Waals surface area contributed by atoms with E-state index in [1.165, 1.54) is 13.0 Å². The normalized spacial score (nSPS) is 31.2. The molecule has 0 aromatic carbocycles. The predicted octanol–water partition coefficient (Wildman–Crippen LogP) is 3.86. The Hall–Kier alpha value is -2.17. The summed E-state index contributed by atoms with van der Waals surface area (Å²) in [6, 6.07) is 2.29. The van der Waals surface area contributed by atoms with Gasteiger partial charge in [-0.25, -0.2) is 26.7 Å². The molecule has 0 amide bonds. The summed E-state index contributed by atoms with van der Waals surface area (Å²) in [6.45, 7) is 8.68. The monoisotopic (exact) mass is 474 g/mol. The molecule has 2 N–H and O–H groups in total. The van der Waals surface area contributed by atoms with Crippen LogP contribution in [0.3, 0.4) is 0 Å². The maximum absolute atomic E-state index is 14.9. The highest BCUT2D eigenvalue weighted by molar-refractivity contribution is 7.96. The second kappa shape index (κ2) is 7.43. The van der Waals surface area contributed by atoms with Gasteiger partial charge in [-0.3, -0.25) is 9.79 Å². The number of anilines is 1. The van der Waals surface area contributed by atoms with Crippen LogP contribution in [0, 0.1) is 5.82 Å². The number of nitrogen functional groups attached to an aromatic ring is 1. The second-order valence-corrected chi connectivity index (χ2v) is 12.9. The molecule has 3 atom stereocenters. The molecule has 3 rings (SSSR count). The molecule has 32 heavy (non-hydrogen) atoms. The lowest BCUT2D eigenvalue weighted by Gasteiger charge is -2.49. The highest BCUT2D eigenvalue weighted by Crippen LogP contribution is 2.50. The lowest BCUT2D eigenvalue weighted by molar-refractivity contribution is -0.153. The molecule has 0 saturated carbocycles. The number of fused-ring (bicyclic) bond motifs is 1. The van der Waals surface area contributed by atoms with Gasteiger partial charge in [0.15, 0.2) is 0 Å². The molecule has 11 heteroatoms. The number of hydrogen-bond acceptors (Lipinski definition) is 7. The van der Waals surface area contributed by atoms with Crippen LogP contribution in [0.25, 0.3) is 0 Å². The van der Waals surface area contributed by atoms with E-state index in [1.54, 1.807) is 34.6 Å². The number of aromatic nitrogens is 1. The summed E-state index contributed by atoms with van der Waals surface area (Å²) < 4.78 is 66.1. The number of pyridine rings is 1. The first-order chi connectivity index (χ1) is 14.4. The lowest BCUT2D eigenvalue weighted by Crippen LogP contribution is -2.61. The fourth-order valence-corrected chi connectivity index (χ4v) is 7.50. The first-order valence-corrected chi connectivity index (χ1v) is 11.8. The van der Waals surface area contributed by atoms with Gasteiger partial charge in [0.25, 0.3) is 5.92 Å². The Kier molecular flexibility index (Phi) is 5.68. The van der Waals surface area contributed by atoms with E-state index >= 15 is 0 Å². The van der Waals surface area contributed by atoms with Gasteiger partial charge in [0, 0.05) is 12.1 Å². The zero-order valence-corrected chi connectivity index (χ0v) is 19.9. The van der Waals surface area contributed by atoms with Gasteiger partial charge in [-0.2, -0.15) is 0 Å². The first kappa shape index (κ1) is 24.5. The van der Waals surface area contributed by atoms with Crippen molar-refractivity contribution < 1.29 is 26.9 Å². The Morgan fingerprint density at radius 3 is 2.50 bits per heavy atom. The number of aliphatic imine (C=N–C) groups is 1. The molecule has 0 spiro atoms. The number of carbonyl (C=O) groups is 1. The van der Waals surface area contributed by atoms with Crippen LogP contribution >= 0.6 is 0 Å².